The van der Waals surface area contributed by atoms with Crippen LogP contribution in [0.1, 0.15) is 21.6 Å². The Morgan fingerprint density at radius 3 is 2.70 bits per heavy atom. The summed E-state index contributed by atoms with van der Waals surface area (Å²) in [4.78, 5) is 15.9. The van der Waals surface area contributed by atoms with E-state index in [1.807, 2.05) is 30.3 Å². The Kier molecular flexibility index (Phi) is 4.58. The lowest BCUT2D eigenvalue weighted by Crippen LogP contribution is -2.19. The minimum Gasteiger partial charge on any atom is -0.486 e. The predicted octanol–water partition coefficient (Wildman–Crippen LogP) is 2.98. The molecule has 0 fully saturated rings. The molecule has 2 aromatic rings. The molecule has 0 spiro atoms. The number of aryl methyl sites for hydroxylation is 1. The second-order valence-electron chi connectivity index (χ2n) is 4.26. The fourth-order valence-corrected chi connectivity index (χ4v) is 1.99. The summed E-state index contributed by atoms with van der Waals surface area (Å²) in [7, 11) is 1.57. The van der Waals surface area contributed by atoms with Crippen LogP contribution < -0.4 is 10.1 Å². The number of halogens is 1. The molecule has 1 aromatic carbocycles. The quantitative estimate of drug-likeness (QED) is 0.881. The number of rotatable bonds is 4. The van der Waals surface area contributed by atoms with E-state index >= 15 is 0 Å². The number of nitrogens with zero attached hydrogens (tertiary/aromatic N) is 1. The number of benzene rings is 1. The van der Waals surface area contributed by atoms with Crippen molar-refractivity contribution in [1.29, 1.82) is 0 Å². The van der Waals surface area contributed by atoms with Crippen LogP contribution in [0, 0.1) is 6.92 Å². The van der Waals surface area contributed by atoms with Gasteiger partial charge < -0.3 is 10.1 Å². The molecule has 104 valence electrons. The summed E-state index contributed by atoms with van der Waals surface area (Å²) in [5.74, 6) is 0.191. The van der Waals surface area contributed by atoms with E-state index in [-0.39, 0.29) is 11.1 Å². The molecule has 1 heterocycles. The topological polar surface area (TPSA) is 51.2 Å². The van der Waals surface area contributed by atoms with Crippen LogP contribution in [0.4, 0.5) is 0 Å². The number of amides is 1. The van der Waals surface area contributed by atoms with Crippen LogP contribution in [0.5, 0.6) is 5.75 Å². The normalized spacial score (nSPS) is 10.2. The number of nitrogens with one attached hydrogen (secondary N) is 1. The van der Waals surface area contributed by atoms with Crippen LogP contribution in [0.3, 0.4) is 0 Å². The first-order valence-electron chi connectivity index (χ1n) is 6.17. The lowest BCUT2D eigenvalue weighted by atomic mass is 10.2. The Morgan fingerprint density at radius 1 is 1.35 bits per heavy atom. The molecule has 0 saturated carbocycles. The summed E-state index contributed by atoms with van der Waals surface area (Å²) in [6.07, 6.45) is 0. The third kappa shape index (κ3) is 3.27. The molecule has 1 aromatic heterocycles. The standard InChI is InChI=1S/C15H15ClN2O2/c1-10-12(15(19)17-2)8-13(14(16)18-10)20-9-11-6-4-3-5-7-11/h3-8H,9H2,1-2H3,(H,17,19). The van der Waals surface area contributed by atoms with Gasteiger partial charge in [-0.05, 0) is 18.6 Å². The first-order chi connectivity index (χ1) is 9.61. The molecule has 0 aliphatic carbocycles. The number of ether oxygens (including phenoxy) is 1. The average Bonchev–Trinajstić information content (AvgIpc) is 2.46. The molecule has 1 N–H and O–H groups in total. The van der Waals surface area contributed by atoms with Crippen LogP contribution in [0.15, 0.2) is 36.4 Å². The maximum atomic E-state index is 11.7. The maximum Gasteiger partial charge on any atom is 0.253 e. The van der Waals surface area contributed by atoms with Gasteiger partial charge in [0.2, 0.25) is 0 Å². The zero-order valence-electron chi connectivity index (χ0n) is 11.3. The zero-order valence-corrected chi connectivity index (χ0v) is 12.1. The predicted molar refractivity (Wildman–Crippen MR) is 78.1 cm³/mol. The van der Waals surface area contributed by atoms with E-state index in [4.69, 9.17) is 16.3 Å². The highest BCUT2D eigenvalue weighted by molar-refractivity contribution is 6.31. The third-order valence-corrected chi connectivity index (χ3v) is 3.11. The summed E-state index contributed by atoms with van der Waals surface area (Å²) >= 11 is 6.05. The van der Waals surface area contributed by atoms with Crippen LogP contribution >= 0.6 is 11.6 Å². The van der Waals surface area contributed by atoms with E-state index in [0.717, 1.165) is 5.56 Å². The van der Waals surface area contributed by atoms with Crippen molar-refractivity contribution in [3.63, 3.8) is 0 Å². The molecule has 2 rings (SSSR count). The highest BCUT2D eigenvalue weighted by Gasteiger charge is 2.14. The van der Waals surface area contributed by atoms with Crippen molar-refractivity contribution in [1.82, 2.24) is 10.3 Å². The molecule has 0 aliphatic rings. The smallest absolute Gasteiger partial charge is 0.253 e. The summed E-state index contributed by atoms with van der Waals surface area (Å²) in [5, 5.41) is 2.82. The minimum atomic E-state index is -0.212. The van der Waals surface area contributed by atoms with E-state index in [1.165, 1.54) is 0 Å². The fraction of sp³-hybridized carbons (Fsp3) is 0.200. The summed E-state index contributed by atoms with van der Waals surface area (Å²) < 4.78 is 5.64. The molecule has 1 amide bonds. The highest BCUT2D eigenvalue weighted by Crippen LogP contribution is 2.26. The second kappa shape index (κ2) is 6.39. The van der Waals surface area contributed by atoms with Crippen molar-refractivity contribution in [3.05, 3.63) is 58.4 Å². The van der Waals surface area contributed by atoms with Crippen molar-refractivity contribution in [2.24, 2.45) is 0 Å². The van der Waals surface area contributed by atoms with E-state index < -0.39 is 0 Å². The van der Waals surface area contributed by atoms with Gasteiger partial charge in [0.1, 0.15) is 6.61 Å². The van der Waals surface area contributed by atoms with Gasteiger partial charge in [-0.1, -0.05) is 41.9 Å². The number of hydrogen-bond acceptors (Lipinski definition) is 3. The lowest BCUT2D eigenvalue weighted by Gasteiger charge is -2.11. The Hall–Kier alpha value is -2.07. The molecule has 0 atom stereocenters. The molecular weight excluding hydrogens is 276 g/mol. The van der Waals surface area contributed by atoms with Crippen LogP contribution in [-0.2, 0) is 6.61 Å². The van der Waals surface area contributed by atoms with E-state index in [1.54, 1.807) is 20.0 Å². The molecule has 0 unspecified atom stereocenters. The number of aromatic nitrogens is 1. The first kappa shape index (κ1) is 14.3. The molecular formula is C15H15ClN2O2. The minimum absolute atomic E-state index is 0.212. The Balaban J connectivity index is 2.21. The van der Waals surface area contributed by atoms with E-state index in [9.17, 15) is 4.79 Å². The first-order valence-corrected chi connectivity index (χ1v) is 6.55. The summed E-state index contributed by atoms with van der Waals surface area (Å²) in [5.41, 5.74) is 2.05. The number of carbonyl (C=O) groups is 1. The molecule has 0 radical (unpaired) electrons. The average molecular weight is 291 g/mol. The SMILES string of the molecule is CNC(=O)c1cc(OCc2ccccc2)c(Cl)nc1C. The lowest BCUT2D eigenvalue weighted by molar-refractivity contribution is 0.0961. The molecule has 4 nitrogen and oxygen atoms in total. The fourth-order valence-electron chi connectivity index (χ4n) is 1.76. The van der Waals surface area contributed by atoms with Gasteiger partial charge in [-0.2, -0.15) is 0 Å². The van der Waals surface area contributed by atoms with Gasteiger partial charge in [-0.25, -0.2) is 4.98 Å². The monoisotopic (exact) mass is 290 g/mol. The Bertz CT molecular complexity index is 615. The van der Waals surface area contributed by atoms with Gasteiger partial charge in [0.25, 0.3) is 5.91 Å². The van der Waals surface area contributed by atoms with Crippen molar-refractivity contribution in [2.75, 3.05) is 7.05 Å². The number of hydrogen-bond donors (Lipinski definition) is 1. The molecule has 0 bridgehead atoms. The Labute approximate surface area is 122 Å². The largest absolute Gasteiger partial charge is 0.486 e. The Morgan fingerprint density at radius 2 is 2.05 bits per heavy atom. The molecule has 0 saturated heterocycles. The highest BCUT2D eigenvalue weighted by atomic mass is 35.5. The van der Waals surface area contributed by atoms with Gasteiger partial charge >= 0.3 is 0 Å². The third-order valence-electron chi connectivity index (χ3n) is 2.84. The van der Waals surface area contributed by atoms with Crippen LogP contribution in [0.2, 0.25) is 5.15 Å². The van der Waals surface area contributed by atoms with Gasteiger partial charge in [0.15, 0.2) is 10.9 Å². The molecule has 20 heavy (non-hydrogen) atoms. The van der Waals surface area contributed by atoms with Crippen molar-refractivity contribution in [3.8, 4) is 5.75 Å². The van der Waals surface area contributed by atoms with Crippen molar-refractivity contribution in [2.45, 2.75) is 13.5 Å². The van der Waals surface area contributed by atoms with Crippen molar-refractivity contribution >= 4 is 17.5 Å². The van der Waals surface area contributed by atoms with Crippen molar-refractivity contribution < 1.29 is 9.53 Å². The van der Waals surface area contributed by atoms with Gasteiger partial charge in [0.05, 0.1) is 11.3 Å². The maximum absolute atomic E-state index is 11.7. The van der Waals surface area contributed by atoms with Gasteiger partial charge in [0, 0.05) is 7.05 Å². The van der Waals surface area contributed by atoms with E-state index in [2.05, 4.69) is 10.3 Å². The summed E-state index contributed by atoms with van der Waals surface area (Å²) in [6, 6.07) is 11.3. The molecule has 5 heteroatoms. The molecule has 0 aliphatic heterocycles. The zero-order chi connectivity index (χ0) is 14.5. The van der Waals surface area contributed by atoms with Gasteiger partial charge in [-0.3, -0.25) is 4.79 Å². The van der Waals surface area contributed by atoms with Gasteiger partial charge in [-0.15, -0.1) is 0 Å². The number of pyridine rings is 1. The van der Waals surface area contributed by atoms with E-state index in [0.29, 0.717) is 23.6 Å². The number of carbonyl (C=O) groups excluding carboxylic acids is 1. The van der Waals surface area contributed by atoms with Crippen LogP contribution in [-0.4, -0.2) is 17.9 Å². The summed E-state index contributed by atoms with van der Waals surface area (Å²) in [6.45, 7) is 2.11. The van der Waals surface area contributed by atoms with Crippen LogP contribution in [0.25, 0.3) is 0 Å². The second-order valence-corrected chi connectivity index (χ2v) is 4.62.